The summed E-state index contributed by atoms with van der Waals surface area (Å²) in [6.07, 6.45) is 4.67. The number of halogens is 2. The van der Waals surface area contributed by atoms with Crippen LogP contribution in [-0.4, -0.2) is 36.0 Å². The van der Waals surface area contributed by atoms with Crippen molar-refractivity contribution in [2.45, 2.75) is 50.7 Å². The Bertz CT molecular complexity index is 598. The quantitative estimate of drug-likeness (QED) is 0.875. The molecule has 3 N–H and O–H groups in total. The van der Waals surface area contributed by atoms with E-state index < -0.39 is 0 Å². The van der Waals surface area contributed by atoms with Crippen LogP contribution in [0.5, 0.6) is 0 Å². The van der Waals surface area contributed by atoms with E-state index in [1.165, 1.54) is 12.1 Å². The minimum absolute atomic E-state index is 0.0712. The Kier molecular flexibility index (Phi) is 5.74. The van der Waals surface area contributed by atoms with Crippen molar-refractivity contribution < 1.29 is 9.18 Å². The standard InChI is InChI=1S/C18H25ClFN3O/c19-17-9-14(20)5-3-13(17)10-23-7-1-2-16(11-23)22-18(24)12-4-6-15(21)8-12/h3,5,9,12,15-16H,1-2,4,6-8,10-11,21H2,(H,22,24). The Hall–Kier alpha value is -1.17. The molecule has 1 aliphatic heterocycles. The lowest BCUT2D eigenvalue weighted by Gasteiger charge is -2.33. The Morgan fingerprint density at radius 1 is 1.38 bits per heavy atom. The largest absolute Gasteiger partial charge is 0.352 e. The Labute approximate surface area is 147 Å². The molecule has 3 rings (SSSR count). The van der Waals surface area contributed by atoms with Crippen molar-refractivity contribution in [1.82, 2.24) is 10.2 Å². The van der Waals surface area contributed by atoms with E-state index >= 15 is 0 Å². The predicted molar refractivity (Wildman–Crippen MR) is 93.2 cm³/mol. The first-order valence-corrected chi connectivity index (χ1v) is 9.11. The summed E-state index contributed by atoms with van der Waals surface area (Å²) in [5.74, 6) is -0.0983. The van der Waals surface area contributed by atoms with Gasteiger partial charge in [-0.15, -0.1) is 0 Å². The fourth-order valence-electron chi connectivity index (χ4n) is 3.78. The van der Waals surface area contributed by atoms with Crippen LogP contribution >= 0.6 is 11.6 Å². The maximum atomic E-state index is 13.2. The van der Waals surface area contributed by atoms with Crippen molar-refractivity contribution in [2.24, 2.45) is 11.7 Å². The molecule has 0 spiro atoms. The monoisotopic (exact) mass is 353 g/mol. The van der Waals surface area contributed by atoms with E-state index in [9.17, 15) is 9.18 Å². The number of hydrogen-bond acceptors (Lipinski definition) is 3. The lowest BCUT2D eigenvalue weighted by atomic mass is 10.0. The van der Waals surface area contributed by atoms with E-state index in [4.69, 9.17) is 17.3 Å². The second kappa shape index (κ2) is 7.81. The Morgan fingerprint density at radius 3 is 2.92 bits per heavy atom. The topological polar surface area (TPSA) is 58.4 Å². The van der Waals surface area contributed by atoms with Crippen molar-refractivity contribution in [3.05, 3.63) is 34.6 Å². The number of carbonyl (C=O) groups excluding carboxylic acids is 1. The normalized spacial score (nSPS) is 28.0. The van der Waals surface area contributed by atoms with Crippen LogP contribution in [0.2, 0.25) is 5.02 Å². The predicted octanol–water partition coefficient (Wildman–Crippen LogP) is 2.69. The molecule has 24 heavy (non-hydrogen) atoms. The molecule has 1 amide bonds. The third-order valence-electron chi connectivity index (χ3n) is 5.10. The summed E-state index contributed by atoms with van der Waals surface area (Å²) in [5.41, 5.74) is 6.82. The Balaban J connectivity index is 1.53. The van der Waals surface area contributed by atoms with Gasteiger partial charge < -0.3 is 11.1 Å². The van der Waals surface area contributed by atoms with Crippen molar-refractivity contribution in [3.63, 3.8) is 0 Å². The Morgan fingerprint density at radius 2 is 2.21 bits per heavy atom. The number of nitrogens with one attached hydrogen (secondary N) is 1. The molecule has 2 aliphatic rings. The highest BCUT2D eigenvalue weighted by Gasteiger charge is 2.30. The van der Waals surface area contributed by atoms with Gasteiger partial charge in [0, 0.05) is 36.1 Å². The van der Waals surface area contributed by atoms with Gasteiger partial charge in [0.15, 0.2) is 0 Å². The maximum Gasteiger partial charge on any atom is 0.223 e. The van der Waals surface area contributed by atoms with Crippen molar-refractivity contribution >= 4 is 17.5 Å². The number of nitrogens with two attached hydrogens (primary N) is 1. The van der Waals surface area contributed by atoms with Gasteiger partial charge in [0.25, 0.3) is 0 Å². The summed E-state index contributed by atoms with van der Waals surface area (Å²) in [4.78, 5) is 14.6. The highest BCUT2D eigenvalue weighted by Crippen LogP contribution is 2.25. The molecule has 6 heteroatoms. The third kappa shape index (κ3) is 4.47. The molecule has 132 valence electrons. The number of hydrogen-bond donors (Lipinski definition) is 2. The molecule has 0 aromatic heterocycles. The highest BCUT2D eigenvalue weighted by atomic mass is 35.5. The second-order valence-corrected chi connectivity index (χ2v) is 7.50. The van der Waals surface area contributed by atoms with Crippen LogP contribution < -0.4 is 11.1 Å². The number of likely N-dealkylation sites (tertiary alicyclic amines) is 1. The summed E-state index contributed by atoms with van der Waals surface area (Å²) < 4.78 is 13.2. The molecule has 1 saturated heterocycles. The fraction of sp³-hybridized carbons (Fsp3) is 0.611. The SMILES string of the molecule is NC1CCC(C(=O)NC2CCCN(Cc3ccc(F)cc3Cl)C2)C1. The first-order valence-electron chi connectivity index (χ1n) is 8.73. The van der Waals surface area contributed by atoms with Gasteiger partial charge in [-0.05, 0) is 56.3 Å². The van der Waals surface area contributed by atoms with Crippen molar-refractivity contribution in [3.8, 4) is 0 Å². The summed E-state index contributed by atoms with van der Waals surface area (Å²) in [6, 6.07) is 4.86. The number of carbonyl (C=O) groups is 1. The molecule has 1 aromatic rings. The fourth-order valence-corrected chi connectivity index (χ4v) is 4.01. The van der Waals surface area contributed by atoms with E-state index in [-0.39, 0.29) is 29.7 Å². The van der Waals surface area contributed by atoms with Gasteiger partial charge >= 0.3 is 0 Å². The maximum absolute atomic E-state index is 13.2. The molecule has 1 heterocycles. The molecule has 1 aliphatic carbocycles. The smallest absolute Gasteiger partial charge is 0.223 e. The van der Waals surface area contributed by atoms with E-state index in [2.05, 4.69) is 10.2 Å². The first kappa shape index (κ1) is 17.6. The molecule has 1 saturated carbocycles. The van der Waals surface area contributed by atoms with Gasteiger partial charge in [0.05, 0.1) is 0 Å². The van der Waals surface area contributed by atoms with Crippen LogP contribution in [0.1, 0.15) is 37.7 Å². The highest BCUT2D eigenvalue weighted by molar-refractivity contribution is 6.31. The molecular weight excluding hydrogens is 329 g/mol. The van der Waals surface area contributed by atoms with E-state index in [0.717, 1.165) is 50.8 Å². The van der Waals surface area contributed by atoms with E-state index in [0.29, 0.717) is 11.6 Å². The molecule has 2 fully saturated rings. The van der Waals surface area contributed by atoms with Gasteiger partial charge in [-0.3, -0.25) is 9.69 Å². The zero-order chi connectivity index (χ0) is 17.1. The van der Waals surface area contributed by atoms with Gasteiger partial charge in [-0.1, -0.05) is 17.7 Å². The molecule has 1 aromatic carbocycles. The number of rotatable bonds is 4. The molecule has 3 unspecified atom stereocenters. The molecular formula is C18H25ClFN3O. The van der Waals surface area contributed by atoms with Crippen LogP contribution in [0, 0.1) is 11.7 Å². The zero-order valence-corrected chi connectivity index (χ0v) is 14.6. The minimum atomic E-state index is -0.317. The van der Waals surface area contributed by atoms with Crippen LogP contribution in [0.3, 0.4) is 0 Å². The van der Waals surface area contributed by atoms with Crippen molar-refractivity contribution in [2.75, 3.05) is 13.1 Å². The summed E-state index contributed by atoms with van der Waals surface area (Å²) in [5, 5.41) is 3.65. The molecule has 0 radical (unpaired) electrons. The number of nitrogens with zero attached hydrogens (tertiary/aromatic N) is 1. The van der Waals surface area contributed by atoms with Gasteiger partial charge in [0.1, 0.15) is 5.82 Å². The van der Waals surface area contributed by atoms with Crippen LogP contribution in [0.25, 0.3) is 0 Å². The van der Waals surface area contributed by atoms with Crippen molar-refractivity contribution in [1.29, 1.82) is 0 Å². The number of benzene rings is 1. The number of piperidine rings is 1. The zero-order valence-electron chi connectivity index (χ0n) is 13.8. The molecule has 0 bridgehead atoms. The minimum Gasteiger partial charge on any atom is -0.352 e. The van der Waals surface area contributed by atoms with Gasteiger partial charge in [-0.2, -0.15) is 0 Å². The lowest BCUT2D eigenvalue weighted by Crippen LogP contribution is -2.48. The van der Waals surface area contributed by atoms with Gasteiger partial charge in [-0.25, -0.2) is 4.39 Å². The third-order valence-corrected chi connectivity index (χ3v) is 5.46. The van der Waals surface area contributed by atoms with E-state index in [1.807, 2.05) is 0 Å². The lowest BCUT2D eigenvalue weighted by molar-refractivity contribution is -0.125. The molecule has 4 nitrogen and oxygen atoms in total. The van der Waals surface area contributed by atoms with Crippen LogP contribution in [0.15, 0.2) is 18.2 Å². The van der Waals surface area contributed by atoms with Crippen LogP contribution in [0.4, 0.5) is 4.39 Å². The average Bonchev–Trinajstić information content (AvgIpc) is 2.97. The summed E-state index contributed by atoms with van der Waals surface area (Å²) in [7, 11) is 0. The first-order chi connectivity index (χ1) is 11.5. The molecule has 3 atom stereocenters. The summed E-state index contributed by atoms with van der Waals surface area (Å²) in [6.45, 7) is 2.45. The summed E-state index contributed by atoms with van der Waals surface area (Å²) >= 11 is 6.12. The average molecular weight is 354 g/mol. The second-order valence-electron chi connectivity index (χ2n) is 7.09. The number of amides is 1. The van der Waals surface area contributed by atoms with Crippen LogP contribution in [-0.2, 0) is 11.3 Å². The van der Waals surface area contributed by atoms with Gasteiger partial charge in [0.2, 0.25) is 5.91 Å². The van der Waals surface area contributed by atoms with E-state index in [1.54, 1.807) is 6.07 Å².